The summed E-state index contributed by atoms with van der Waals surface area (Å²) in [4.78, 5) is 16.9. The number of ketones is 1. The molecule has 1 atom stereocenters. The highest BCUT2D eigenvalue weighted by Gasteiger charge is 2.45. The van der Waals surface area contributed by atoms with Crippen molar-refractivity contribution in [1.29, 1.82) is 5.26 Å². The van der Waals surface area contributed by atoms with Crippen LogP contribution in [0, 0.1) is 30.6 Å². The Bertz CT molecular complexity index is 1670. The number of hydrogen-bond donors (Lipinski definition) is 1. The van der Waals surface area contributed by atoms with Crippen LogP contribution in [-0.2, 0) is 10.5 Å². The fraction of sp³-hybridized carbons (Fsp3) is 0.273. The molecule has 0 fully saturated rings. The summed E-state index contributed by atoms with van der Waals surface area (Å²) in [6, 6.07) is 19.7. The number of halogens is 3. The van der Waals surface area contributed by atoms with E-state index >= 15 is 0 Å². The molecule has 1 heterocycles. The quantitative estimate of drug-likeness (QED) is 0.287. The average molecular weight is 623 g/mol. The van der Waals surface area contributed by atoms with Crippen LogP contribution in [0.15, 0.2) is 82.2 Å². The smallest absolute Gasteiger partial charge is 0.162 e. The van der Waals surface area contributed by atoms with Crippen molar-refractivity contribution in [3.8, 4) is 6.07 Å². The molecule has 1 unspecified atom stereocenters. The van der Waals surface area contributed by atoms with E-state index in [1.165, 1.54) is 0 Å². The summed E-state index contributed by atoms with van der Waals surface area (Å²) in [7, 11) is 0. The number of benzene rings is 3. The van der Waals surface area contributed by atoms with E-state index in [1.807, 2.05) is 42.2 Å². The van der Waals surface area contributed by atoms with Crippen molar-refractivity contribution in [2.75, 3.05) is 4.90 Å². The molecule has 0 saturated carbocycles. The molecule has 1 aliphatic carbocycles. The number of carbonyl (C=O) groups is 1. The second kappa shape index (κ2) is 11.4. The normalized spacial score (nSPS) is 18.4. The zero-order chi connectivity index (χ0) is 29.6. The maximum Gasteiger partial charge on any atom is 0.162 e. The van der Waals surface area contributed by atoms with Gasteiger partial charge in [0.2, 0.25) is 0 Å². The summed E-state index contributed by atoms with van der Waals surface area (Å²) in [5.41, 5.74) is 13.3. The van der Waals surface area contributed by atoms with E-state index in [9.17, 15) is 10.1 Å². The van der Waals surface area contributed by atoms with Gasteiger partial charge in [-0.1, -0.05) is 60.8 Å². The van der Waals surface area contributed by atoms with Crippen LogP contribution in [0.1, 0.15) is 54.9 Å². The van der Waals surface area contributed by atoms with E-state index in [0.29, 0.717) is 50.6 Å². The zero-order valence-corrected chi connectivity index (χ0v) is 26.4. The minimum absolute atomic E-state index is 0.0311. The third-order valence-electron chi connectivity index (χ3n) is 7.79. The lowest BCUT2D eigenvalue weighted by Gasteiger charge is -2.44. The van der Waals surface area contributed by atoms with Crippen LogP contribution >= 0.6 is 46.6 Å². The Morgan fingerprint density at radius 2 is 1.71 bits per heavy atom. The Kier molecular flexibility index (Phi) is 8.25. The van der Waals surface area contributed by atoms with Crippen LogP contribution < -0.4 is 10.6 Å². The molecule has 0 spiro atoms. The van der Waals surface area contributed by atoms with Crippen LogP contribution in [0.4, 0.5) is 5.69 Å². The van der Waals surface area contributed by atoms with Crippen LogP contribution in [-0.4, -0.2) is 5.78 Å². The van der Waals surface area contributed by atoms with Crippen molar-refractivity contribution < 1.29 is 4.79 Å². The second-order valence-electron chi connectivity index (χ2n) is 11.5. The highest BCUT2D eigenvalue weighted by Crippen LogP contribution is 2.51. The molecule has 2 N–H and O–H groups in total. The van der Waals surface area contributed by atoms with Gasteiger partial charge in [0.1, 0.15) is 5.82 Å². The van der Waals surface area contributed by atoms with Gasteiger partial charge in [-0.05, 0) is 90.4 Å². The van der Waals surface area contributed by atoms with Gasteiger partial charge in [-0.15, -0.1) is 11.8 Å². The molecule has 5 rings (SSSR count). The van der Waals surface area contributed by atoms with E-state index in [4.69, 9.17) is 40.5 Å². The summed E-state index contributed by atoms with van der Waals surface area (Å²) in [6.45, 7) is 8.29. The SMILES string of the molecule is Cc1cc(C)c(C2C(C#N)=C(N)N(c3ccc(Cl)c(Cl)c3)C3=C2C(=O)CC(C)(C)C3)cc1CSc1ccc(Cl)cc1. The van der Waals surface area contributed by atoms with E-state index in [0.717, 1.165) is 38.6 Å². The number of carbonyl (C=O) groups excluding carboxylic acids is 1. The number of aryl methyl sites for hydroxylation is 2. The zero-order valence-electron chi connectivity index (χ0n) is 23.3. The molecular formula is C33H30Cl3N3OS. The number of nitriles is 1. The first-order chi connectivity index (χ1) is 19.4. The van der Waals surface area contributed by atoms with E-state index in [2.05, 4.69) is 39.0 Å². The molecule has 3 aromatic rings. The van der Waals surface area contributed by atoms with Gasteiger partial charge in [-0.3, -0.25) is 9.69 Å². The van der Waals surface area contributed by atoms with Gasteiger partial charge in [0.25, 0.3) is 0 Å². The van der Waals surface area contributed by atoms with Crippen LogP contribution in [0.5, 0.6) is 0 Å². The van der Waals surface area contributed by atoms with Gasteiger partial charge in [-0.2, -0.15) is 5.26 Å². The Morgan fingerprint density at radius 1 is 1.00 bits per heavy atom. The number of Topliss-reactive ketones (excluding diaryl/α,β-unsaturated/α-hetero) is 1. The molecule has 41 heavy (non-hydrogen) atoms. The van der Waals surface area contributed by atoms with E-state index in [-0.39, 0.29) is 11.2 Å². The molecule has 0 bridgehead atoms. The van der Waals surface area contributed by atoms with Crippen LogP contribution in [0.2, 0.25) is 15.1 Å². The lowest BCUT2D eigenvalue weighted by Crippen LogP contribution is -2.42. The first-order valence-electron chi connectivity index (χ1n) is 13.3. The molecule has 3 aromatic carbocycles. The summed E-state index contributed by atoms with van der Waals surface area (Å²) < 4.78 is 0. The molecule has 1 aliphatic heterocycles. The second-order valence-corrected chi connectivity index (χ2v) is 13.8. The highest BCUT2D eigenvalue weighted by atomic mass is 35.5. The lowest BCUT2D eigenvalue weighted by molar-refractivity contribution is -0.118. The van der Waals surface area contributed by atoms with Gasteiger partial charge >= 0.3 is 0 Å². The van der Waals surface area contributed by atoms with E-state index < -0.39 is 5.92 Å². The largest absolute Gasteiger partial charge is 0.384 e. The maximum atomic E-state index is 14.0. The van der Waals surface area contributed by atoms with Crippen molar-refractivity contribution >= 4 is 58.0 Å². The Balaban J connectivity index is 1.66. The van der Waals surface area contributed by atoms with Crippen molar-refractivity contribution in [2.24, 2.45) is 11.1 Å². The number of allylic oxidation sites excluding steroid dienone is 3. The Labute approximate surface area is 260 Å². The number of nitrogens with two attached hydrogens (primary N) is 1. The van der Waals surface area contributed by atoms with Crippen LogP contribution in [0.3, 0.4) is 0 Å². The monoisotopic (exact) mass is 621 g/mol. The lowest BCUT2D eigenvalue weighted by atomic mass is 9.68. The number of rotatable bonds is 5. The highest BCUT2D eigenvalue weighted by molar-refractivity contribution is 7.98. The molecule has 4 nitrogen and oxygen atoms in total. The number of anilines is 1. The molecule has 0 amide bonds. The summed E-state index contributed by atoms with van der Waals surface area (Å²) in [5, 5.41) is 12.0. The van der Waals surface area contributed by atoms with Gasteiger partial charge in [-0.25, -0.2) is 0 Å². The van der Waals surface area contributed by atoms with Crippen LogP contribution in [0.25, 0.3) is 0 Å². The minimum atomic E-state index is -0.558. The fourth-order valence-electron chi connectivity index (χ4n) is 5.81. The van der Waals surface area contributed by atoms with Crippen molar-refractivity contribution in [3.05, 3.63) is 115 Å². The summed E-state index contributed by atoms with van der Waals surface area (Å²) in [6.07, 6.45) is 1.01. The summed E-state index contributed by atoms with van der Waals surface area (Å²) in [5.74, 6) is 0.509. The van der Waals surface area contributed by atoms with Gasteiger partial charge in [0.15, 0.2) is 5.78 Å². The number of nitrogens with zero attached hydrogens (tertiary/aromatic N) is 2. The molecule has 2 aliphatic rings. The predicted octanol–water partition coefficient (Wildman–Crippen LogP) is 9.50. The fourth-order valence-corrected chi connectivity index (χ4v) is 7.19. The minimum Gasteiger partial charge on any atom is -0.384 e. The average Bonchev–Trinajstić information content (AvgIpc) is 2.90. The molecule has 8 heteroatoms. The number of thioether (sulfide) groups is 1. The van der Waals surface area contributed by atoms with Gasteiger partial charge in [0.05, 0.1) is 27.6 Å². The standard InChI is InChI=1S/C33H30Cl3N3OS/c1-18-11-19(2)24(12-20(18)17-41-23-8-5-21(34)6-9-23)30-25(16-37)32(38)39(22-7-10-26(35)27(36)13-22)28-14-33(3,4)15-29(40)31(28)30/h5-13,30H,14-15,17,38H2,1-4H3. The molecule has 0 radical (unpaired) electrons. The first kappa shape index (κ1) is 29.6. The first-order valence-corrected chi connectivity index (χ1v) is 15.4. The Morgan fingerprint density at radius 3 is 2.37 bits per heavy atom. The van der Waals surface area contributed by atoms with Crippen molar-refractivity contribution in [3.63, 3.8) is 0 Å². The third kappa shape index (κ3) is 5.76. The predicted molar refractivity (Wildman–Crippen MR) is 170 cm³/mol. The third-order valence-corrected chi connectivity index (χ3v) is 9.84. The molecule has 210 valence electrons. The number of hydrogen-bond acceptors (Lipinski definition) is 5. The van der Waals surface area contributed by atoms with E-state index in [1.54, 1.807) is 23.9 Å². The molecule has 0 aromatic heterocycles. The maximum absolute atomic E-state index is 14.0. The van der Waals surface area contributed by atoms with Gasteiger partial charge < -0.3 is 5.73 Å². The van der Waals surface area contributed by atoms with Crippen molar-refractivity contribution in [1.82, 2.24) is 0 Å². The molecule has 0 saturated heterocycles. The Hall–Kier alpha value is -2.88. The van der Waals surface area contributed by atoms with Gasteiger partial charge in [0, 0.05) is 39.0 Å². The summed E-state index contributed by atoms with van der Waals surface area (Å²) >= 11 is 20.4. The topological polar surface area (TPSA) is 70.1 Å². The van der Waals surface area contributed by atoms with Crippen molar-refractivity contribution in [2.45, 2.75) is 57.1 Å². The molecular weight excluding hydrogens is 593 g/mol.